The second-order valence-corrected chi connectivity index (χ2v) is 5.41. The number of nitrogens with one attached hydrogen (secondary N) is 2. The molecule has 0 bridgehead atoms. The van der Waals surface area contributed by atoms with Gasteiger partial charge in [0.15, 0.2) is 0 Å². The fourth-order valence-electron chi connectivity index (χ4n) is 1.42. The van der Waals surface area contributed by atoms with Gasteiger partial charge in [-0.1, -0.05) is 15.9 Å². The Morgan fingerprint density at radius 1 is 1.45 bits per heavy atom. The van der Waals surface area contributed by atoms with E-state index < -0.39 is 29.8 Å². The van der Waals surface area contributed by atoms with Crippen LogP contribution in [0, 0.1) is 5.82 Å². The van der Waals surface area contributed by atoms with Crippen molar-refractivity contribution in [3.05, 3.63) is 28.5 Å². The summed E-state index contributed by atoms with van der Waals surface area (Å²) in [6.07, 6.45) is -0.515. The molecule has 0 radical (unpaired) electrons. The maximum Gasteiger partial charge on any atom is 0.319 e. The molecule has 0 aliphatic carbocycles. The normalized spacial score (nSPS) is 13.4. The lowest BCUT2D eigenvalue weighted by atomic mass is 10.0. The zero-order valence-corrected chi connectivity index (χ0v) is 12.2. The summed E-state index contributed by atoms with van der Waals surface area (Å²) >= 11 is 3.14. The van der Waals surface area contributed by atoms with E-state index in [-0.39, 0.29) is 12.2 Å². The minimum absolute atomic E-state index is 0.0326. The van der Waals surface area contributed by atoms with Gasteiger partial charge in [0, 0.05) is 11.0 Å². The highest BCUT2D eigenvalue weighted by atomic mass is 79.9. The lowest BCUT2D eigenvalue weighted by Gasteiger charge is -2.21. The Morgan fingerprint density at radius 3 is 2.70 bits per heavy atom. The number of urea groups is 1. The van der Waals surface area contributed by atoms with Crippen LogP contribution in [0.3, 0.4) is 0 Å². The first-order valence-corrected chi connectivity index (χ1v) is 6.43. The van der Waals surface area contributed by atoms with Crippen LogP contribution in [0.15, 0.2) is 22.7 Å². The molecule has 20 heavy (non-hydrogen) atoms. The van der Waals surface area contributed by atoms with Crippen molar-refractivity contribution in [1.82, 2.24) is 5.32 Å². The number of carbonyl (C=O) groups is 2. The Kier molecular flexibility index (Phi) is 5.46. The van der Waals surface area contributed by atoms with Gasteiger partial charge in [-0.2, -0.15) is 0 Å². The fourth-order valence-corrected chi connectivity index (χ4v) is 1.78. The highest BCUT2D eigenvalue weighted by Crippen LogP contribution is 2.19. The van der Waals surface area contributed by atoms with Crippen molar-refractivity contribution in [1.29, 1.82) is 0 Å². The summed E-state index contributed by atoms with van der Waals surface area (Å²) in [5.74, 6) is -1.80. The Balaban J connectivity index is 2.56. The topological polar surface area (TPSA) is 98.7 Å². The molecule has 110 valence electrons. The second-order valence-electron chi connectivity index (χ2n) is 4.50. The van der Waals surface area contributed by atoms with Crippen LogP contribution in [-0.4, -0.2) is 34.4 Å². The van der Waals surface area contributed by atoms with E-state index in [9.17, 15) is 19.1 Å². The molecule has 1 rings (SSSR count). The third kappa shape index (κ3) is 5.54. The number of hydrogen-bond donors (Lipinski definition) is 4. The molecular weight excluding hydrogens is 335 g/mol. The van der Waals surface area contributed by atoms with Crippen LogP contribution >= 0.6 is 15.9 Å². The smallest absolute Gasteiger partial charge is 0.319 e. The standard InChI is InChI=1S/C12H14BrFN2O4/c1-12(20,5-10(17)18)6-15-11(19)16-9-4-7(13)2-3-8(9)14/h2-4,20H,5-6H2,1H3,(H,17,18)(H2,15,16,19). The van der Waals surface area contributed by atoms with Crippen LogP contribution in [0.1, 0.15) is 13.3 Å². The van der Waals surface area contributed by atoms with Gasteiger partial charge in [0.1, 0.15) is 5.82 Å². The van der Waals surface area contributed by atoms with E-state index in [1.54, 1.807) is 0 Å². The van der Waals surface area contributed by atoms with Crippen molar-refractivity contribution in [3.63, 3.8) is 0 Å². The molecule has 1 unspecified atom stereocenters. The number of carboxylic acids is 1. The average Bonchev–Trinajstić information content (AvgIpc) is 2.30. The number of amides is 2. The number of carboxylic acid groups (broad SMARTS) is 1. The molecule has 1 atom stereocenters. The van der Waals surface area contributed by atoms with Gasteiger partial charge >= 0.3 is 12.0 Å². The number of aliphatic carboxylic acids is 1. The SMILES string of the molecule is CC(O)(CNC(=O)Nc1cc(Br)ccc1F)CC(=O)O. The number of rotatable bonds is 5. The van der Waals surface area contributed by atoms with Crippen molar-refractivity contribution in [2.45, 2.75) is 18.9 Å². The lowest BCUT2D eigenvalue weighted by Crippen LogP contribution is -2.43. The van der Waals surface area contributed by atoms with E-state index in [4.69, 9.17) is 5.11 Å². The molecule has 0 saturated carbocycles. The van der Waals surface area contributed by atoms with Crippen LogP contribution < -0.4 is 10.6 Å². The third-order valence-corrected chi connectivity index (χ3v) is 2.83. The van der Waals surface area contributed by atoms with Gasteiger partial charge in [-0.25, -0.2) is 9.18 Å². The minimum Gasteiger partial charge on any atom is -0.481 e. The molecule has 1 aromatic rings. The summed E-state index contributed by atoms with van der Waals surface area (Å²) < 4.78 is 14.0. The zero-order valence-electron chi connectivity index (χ0n) is 10.6. The van der Waals surface area contributed by atoms with Crippen LogP contribution in [0.2, 0.25) is 0 Å². The Bertz CT molecular complexity index is 522. The first-order chi connectivity index (χ1) is 9.19. The minimum atomic E-state index is -1.58. The van der Waals surface area contributed by atoms with Gasteiger partial charge < -0.3 is 20.8 Å². The number of carbonyl (C=O) groups excluding carboxylic acids is 1. The first kappa shape index (κ1) is 16.4. The highest BCUT2D eigenvalue weighted by molar-refractivity contribution is 9.10. The van der Waals surface area contributed by atoms with Crippen molar-refractivity contribution in [2.75, 3.05) is 11.9 Å². The molecule has 0 spiro atoms. The maximum absolute atomic E-state index is 13.4. The molecule has 2 amide bonds. The van der Waals surface area contributed by atoms with Gasteiger partial charge in [-0.3, -0.25) is 4.79 Å². The summed E-state index contributed by atoms with van der Waals surface area (Å²) in [6, 6.07) is 3.30. The summed E-state index contributed by atoms with van der Waals surface area (Å²) in [5, 5.41) is 22.8. The molecule has 0 saturated heterocycles. The van der Waals surface area contributed by atoms with E-state index in [0.717, 1.165) is 0 Å². The third-order valence-electron chi connectivity index (χ3n) is 2.34. The van der Waals surface area contributed by atoms with Crippen molar-refractivity contribution >= 4 is 33.6 Å². The van der Waals surface area contributed by atoms with Crippen molar-refractivity contribution in [2.24, 2.45) is 0 Å². The second kappa shape index (κ2) is 6.67. The van der Waals surface area contributed by atoms with E-state index in [0.29, 0.717) is 4.47 Å². The van der Waals surface area contributed by atoms with Crippen LogP contribution in [0.4, 0.5) is 14.9 Å². The van der Waals surface area contributed by atoms with Gasteiger partial charge in [-0.15, -0.1) is 0 Å². The molecule has 0 aliphatic rings. The van der Waals surface area contributed by atoms with Gasteiger partial charge in [0.25, 0.3) is 0 Å². The number of aliphatic hydroxyl groups is 1. The quantitative estimate of drug-likeness (QED) is 0.653. The van der Waals surface area contributed by atoms with E-state index >= 15 is 0 Å². The Hall–Kier alpha value is -1.67. The van der Waals surface area contributed by atoms with Crippen LogP contribution in [-0.2, 0) is 4.79 Å². The number of halogens is 2. The average molecular weight is 349 g/mol. The summed E-state index contributed by atoms with van der Waals surface area (Å²) in [5.41, 5.74) is -1.62. The zero-order chi connectivity index (χ0) is 15.3. The van der Waals surface area contributed by atoms with E-state index in [1.807, 2.05) is 0 Å². The van der Waals surface area contributed by atoms with E-state index in [2.05, 4.69) is 26.6 Å². The molecular formula is C12H14BrFN2O4. The number of benzene rings is 1. The highest BCUT2D eigenvalue weighted by Gasteiger charge is 2.24. The summed E-state index contributed by atoms with van der Waals surface area (Å²) in [6.45, 7) is 1.00. The maximum atomic E-state index is 13.4. The van der Waals surface area contributed by atoms with Crippen molar-refractivity contribution in [3.8, 4) is 0 Å². The molecule has 0 aromatic heterocycles. The van der Waals surface area contributed by atoms with Crippen LogP contribution in [0.5, 0.6) is 0 Å². The lowest BCUT2D eigenvalue weighted by molar-refractivity contribution is -0.141. The molecule has 4 N–H and O–H groups in total. The van der Waals surface area contributed by atoms with Crippen LogP contribution in [0.25, 0.3) is 0 Å². The van der Waals surface area contributed by atoms with E-state index in [1.165, 1.54) is 25.1 Å². The number of anilines is 1. The van der Waals surface area contributed by atoms with Crippen molar-refractivity contribution < 1.29 is 24.2 Å². The van der Waals surface area contributed by atoms with Gasteiger partial charge in [-0.05, 0) is 25.1 Å². The first-order valence-electron chi connectivity index (χ1n) is 5.64. The summed E-state index contributed by atoms with van der Waals surface area (Å²) in [4.78, 5) is 22.0. The van der Waals surface area contributed by atoms with Gasteiger partial charge in [0.05, 0.1) is 17.7 Å². The molecule has 0 heterocycles. The van der Waals surface area contributed by atoms with Gasteiger partial charge in [0.2, 0.25) is 0 Å². The Labute approximate surface area is 123 Å². The predicted octanol–water partition coefficient (Wildman–Crippen LogP) is 1.94. The number of hydrogen-bond acceptors (Lipinski definition) is 3. The molecule has 0 aliphatic heterocycles. The fraction of sp³-hybridized carbons (Fsp3) is 0.333. The molecule has 0 fully saturated rings. The Morgan fingerprint density at radius 2 is 2.10 bits per heavy atom. The largest absolute Gasteiger partial charge is 0.481 e. The molecule has 8 heteroatoms. The predicted molar refractivity (Wildman–Crippen MR) is 74.0 cm³/mol. The molecule has 1 aromatic carbocycles. The monoisotopic (exact) mass is 348 g/mol. The summed E-state index contributed by atoms with van der Waals surface area (Å²) in [7, 11) is 0. The molecule has 6 nitrogen and oxygen atoms in total.